The van der Waals surface area contributed by atoms with Gasteiger partial charge in [0.2, 0.25) is 0 Å². The van der Waals surface area contributed by atoms with Crippen molar-refractivity contribution in [2.45, 2.75) is 0 Å². The van der Waals surface area contributed by atoms with E-state index >= 15 is 0 Å². The fraction of sp³-hybridized carbons (Fsp3) is 0. The second-order valence-electron chi connectivity index (χ2n) is 1.70. The molecule has 0 aromatic heterocycles. The SMILES string of the molecule is O=[As]c1ccc([As]=O)cc1. The van der Waals surface area contributed by atoms with Gasteiger partial charge in [-0.25, -0.2) is 0 Å². The Hall–Kier alpha value is -0.0631. The van der Waals surface area contributed by atoms with Crippen molar-refractivity contribution in [3.63, 3.8) is 0 Å². The van der Waals surface area contributed by atoms with Crippen LogP contribution in [0, 0.1) is 0 Å². The minimum absolute atomic E-state index is 0.842. The maximum absolute atomic E-state index is 10.4. The normalized spacial score (nSPS) is 10.4. The Kier molecular flexibility index (Phi) is 3.18. The van der Waals surface area contributed by atoms with E-state index in [2.05, 4.69) is 0 Å². The number of hydrogen-bond donors (Lipinski definition) is 0. The zero-order valence-electron chi connectivity index (χ0n) is 5.02. The number of rotatable bonds is 2. The van der Waals surface area contributed by atoms with E-state index in [1.54, 1.807) is 24.3 Å². The first-order chi connectivity index (χ1) is 4.86. The number of hydrogen-bond acceptors (Lipinski definition) is 2. The Morgan fingerprint density at radius 2 is 1.10 bits per heavy atom. The Morgan fingerprint density at radius 1 is 0.800 bits per heavy atom. The van der Waals surface area contributed by atoms with Crippen LogP contribution in [0.3, 0.4) is 0 Å². The molecule has 0 N–H and O–H groups in total. The van der Waals surface area contributed by atoms with Gasteiger partial charge < -0.3 is 0 Å². The van der Waals surface area contributed by atoms with E-state index in [-0.39, 0.29) is 0 Å². The van der Waals surface area contributed by atoms with E-state index in [9.17, 15) is 7.48 Å². The summed E-state index contributed by atoms with van der Waals surface area (Å²) in [5.41, 5.74) is 0. The molecule has 0 heterocycles. The van der Waals surface area contributed by atoms with E-state index < -0.39 is 31.4 Å². The van der Waals surface area contributed by atoms with E-state index in [4.69, 9.17) is 0 Å². The van der Waals surface area contributed by atoms with Crippen LogP contribution in [-0.2, 0) is 7.48 Å². The summed E-state index contributed by atoms with van der Waals surface area (Å²) in [4.78, 5) is 0. The molecule has 0 fully saturated rings. The second-order valence-corrected chi connectivity index (χ2v) is 4.63. The summed E-state index contributed by atoms with van der Waals surface area (Å²) >= 11 is -1.85. The van der Waals surface area contributed by atoms with Crippen LogP contribution < -0.4 is 8.70 Å². The van der Waals surface area contributed by atoms with E-state index in [1.165, 1.54) is 0 Å². The molecule has 1 aromatic rings. The van der Waals surface area contributed by atoms with Gasteiger partial charge in [0.15, 0.2) is 0 Å². The third-order valence-electron chi connectivity index (χ3n) is 1.06. The van der Waals surface area contributed by atoms with Gasteiger partial charge in [0.1, 0.15) is 0 Å². The zero-order valence-corrected chi connectivity index (χ0v) is 8.77. The fourth-order valence-corrected chi connectivity index (χ4v) is 1.71. The first-order valence-electron chi connectivity index (χ1n) is 2.63. The van der Waals surface area contributed by atoms with Crippen molar-refractivity contribution in [2.24, 2.45) is 0 Å². The third-order valence-corrected chi connectivity index (χ3v) is 3.20. The first kappa shape index (κ1) is 8.04. The molecule has 50 valence electrons. The van der Waals surface area contributed by atoms with Gasteiger partial charge >= 0.3 is 71.8 Å². The van der Waals surface area contributed by atoms with Crippen LogP contribution in [0.4, 0.5) is 0 Å². The summed E-state index contributed by atoms with van der Waals surface area (Å²) in [7, 11) is 0. The van der Waals surface area contributed by atoms with Crippen molar-refractivity contribution < 1.29 is 7.48 Å². The molecule has 0 aliphatic heterocycles. The van der Waals surface area contributed by atoms with Crippen LogP contribution >= 0.6 is 0 Å². The summed E-state index contributed by atoms with van der Waals surface area (Å²) in [6.45, 7) is 0. The monoisotopic (exact) mass is 258 g/mol. The average molecular weight is 258 g/mol. The maximum atomic E-state index is 10.4. The minimum atomic E-state index is -0.925. The molecule has 1 aromatic carbocycles. The molecule has 10 heavy (non-hydrogen) atoms. The van der Waals surface area contributed by atoms with Gasteiger partial charge in [-0.1, -0.05) is 0 Å². The molecule has 0 bridgehead atoms. The van der Waals surface area contributed by atoms with Crippen LogP contribution in [0.5, 0.6) is 0 Å². The van der Waals surface area contributed by atoms with Crippen LogP contribution in [0.2, 0.25) is 0 Å². The third kappa shape index (κ3) is 1.97. The average Bonchev–Trinajstić information content (AvgIpc) is 2.05. The molecular formula is C6H4As2O2. The molecule has 2 nitrogen and oxygen atoms in total. The van der Waals surface area contributed by atoms with Gasteiger partial charge in [0, 0.05) is 0 Å². The van der Waals surface area contributed by atoms with Gasteiger partial charge in [-0.2, -0.15) is 0 Å². The molecule has 0 radical (unpaired) electrons. The number of benzene rings is 1. The first-order valence-corrected chi connectivity index (χ1v) is 6.04. The van der Waals surface area contributed by atoms with Crippen LogP contribution in [0.1, 0.15) is 0 Å². The Labute approximate surface area is 71.8 Å². The van der Waals surface area contributed by atoms with Crippen molar-refractivity contribution in [2.75, 3.05) is 0 Å². The van der Waals surface area contributed by atoms with E-state index in [0.29, 0.717) is 0 Å². The van der Waals surface area contributed by atoms with Gasteiger partial charge in [-0.05, 0) is 0 Å². The summed E-state index contributed by atoms with van der Waals surface area (Å²) in [5.74, 6) is 0. The fourth-order valence-electron chi connectivity index (χ4n) is 0.574. The van der Waals surface area contributed by atoms with Gasteiger partial charge in [0.25, 0.3) is 0 Å². The Morgan fingerprint density at radius 3 is 1.30 bits per heavy atom. The Balaban J connectivity index is 3.00. The van der Waals surface area contributed by atoms with Crippen LogP contribution in [0.15, 0.2) is 24.3 Å². The van der Waals surface area contributed by atoms with Crippen molar-refractivity contribution in [3.8, 4) is 0 Å². The van der Waals surface area contributed by atoms with Gasteiger partial charge in [-0.15, -0.1) is 0 Å². The summed E-state index contributed by atoms with van der Waals surface area (Å²) in [6, 6.07) is 7.04. The molecular weight excluding hydrogens is 254 g/mol. The topological polar surface area (TPSA) is 34.1 Å². The molecule has 0 unspecified atom stereocenters. The summed E-state index contributed by atoms with van der Waals surface area (Å²) in [6.07, 6.45) is 0. The predicted molar refractivity (Wildman–Crippen MR) is 38.6 cm³/mol. The molecule has 0 saturated carbocycles. The van der Waals surface area contributed by atoms with Crippen molar-refractivity contribution in [1.29, 1.82) is 0 Å². The van der Waals surface area contributed by atoms with E-state index in [0.717, 1.165) is 8.70 Å². The van der Waals surface area contributed by atoms with Gasteiger partial charge in [0.05, 0.1) is 0 Å². The molecule has 4 heteroatoms. The van der Waals surface area contributed by atoms with Crippen molar-refractivity contribution in [1.82, 2.24) is 0 Å². The second kappa shape index (κ2) is 3.95. The summed E-state index contributed by atoms with van der Waals surface area (Å²) < 4.78 is 22.4. The zero-order chi connectivity index (χ0) is 7.40. The van der Waals surface area contributed by atoms with Gasteiger partial charge in [-0.3, -0.25) is 0 Å². The molecule has 1 rings (SSSR count). The van der Waals surface area contributed by atoms with Crippen LogP contribution in [0.25, 0.3) is 0 Å². The standard InChI is InChI=1S/C6H4As2O2/c9-7-5-1-2-6(8-10)4-3-5/h1-4H. The van der Waals surface area contributed by atoms with Crippen molar-refractivity contribution >= 4 is 40.1 Å². The molecule has 0 aliphatic rings. The van der Waals surface area contributed by atoms with Crippen molar-refractivity contribution in [3.05, 3.63) is 24.3 Å². The predicted octanol–water partition coefficient (Wildman–Crippen LogP) is -0.963. The quantitative estimate of drug-likeness (QED) is 0.640. The van der Waals surface area contributed by atoms with Crippen LogP contribution in [-0.4, -0.2) is 31.4 Å². The Bertz CT molecular complexity index is 215. The van der Waals surface area contributed by atoms with E-state index in [1.807, 2.05) is 0 Å². The molecule has 0 spiro atoms. The molecule has 0 atom stereocenters. The molecule has 0 aliphatic carbocycles. The summed E-state index contributed by atoms with van der Waals surface area (Å²) in [5, 5.41) is 0. The molecule has 0 amide bonds. The molecule has 0 saturated heterocycles.